The van der Waals surface area contributed by atoms with Gasteiger partial charge in [0.15, 0.2) is 16.7 Å². The van der Waals surface area contributed by atoms with Crippen molar-refractivity contribution in [2.75, 3.05) is 17.9 Å². The lowest BCUT2D eigenvalue weighted by atomic mass is 10.2. The molecule has 144 valence electrons. The molecule has 2 aromatic carbocycles. The van der Waals surface area contributed by atoms with Crippen molar-refractivity contribution in [3.63, 3.8) is 0 Å². The minimum atomic E-state index is -0.109. The van der Waals surface area contributed by atoms with Crippen LogP contribution in [0.15, 0.2) is 53.9 Å². The number of nitrogens with zero attached hydrogens (tertiary/aromatic N) is 2. The number of hydrogen-bond acceptors (Lipinski definition) is 5. The molecule has 8 heteroatoms. The van der Waals surface area contributed by atoms with Gasteiger partial charge in [-0.05, 0) is 42.3 Å². The fourth-order valence-corrected chi connectivity index (χ4v) is 3.73. The second-order valence-corrected chi connectivity index (χ2v) is 7.68. The van der Waals surface area contributed by atoms with Gasteiger partial charge in [0.05, 0.1) is 5.75 Å². The number of rotatable bonds is 6. The smallest absolute Gasteiger partial charge is 0.234 e. The van der Waals surface area contributed by atoms with Gasteiger partial charge >= 0.3 is 0 Å². The van der Waals surface area contributed by atoms with Crippen LogP contribution in [0.5, 0.6) is 11.5 Å². The van der Waals surface area contributed by atoms with Crippen molar-refractivity contribution < 1.29 is 14.3 Å². The third-order valence-corrected chi connectivity index (χ3v) is 5.67. The second kappa shape index (κ2) is 8.16. The molecular formula is C20H18ClN3O3S. The zero-order chi connectivity index (χ0) is 19.5. The maximum Gasteiger partial charge on any atom is 0.234 e. The summed E-state index contributed by atoms with van der Waals surface area (Å²) in [6, 6.07) is 11.3. The molecule has 0 unspecified atom stereocenters. The SMILES string of the molecule is Cc1ccc(NC(=O)CSc2nccn2Cc2ccc3c(c2)OCO3)cc1Cl. The molecule has 1 amide bonds. The van der Waals surface area contributed by atoms with Gasteiger partial charge in [-0.2, -0.15) is 0 Å². The maximum absolute atomic E-state index is 12.3. The van der Waals surface area contributed by atoms with Crippen LogP contribution in [-0.4, -0.2) is 28.0 Å². The van der Waals surface area contributed by atoms with Crippen molar-refractivity contribution in [3.8, 4) is 11.5 Å². The van der Waals surface area contributed by atoms with E-state index < -0.39 is 0 Å². The number of halogens is 1. The molecule has 4 rings (SSSR count). The molecule has 0 spiro atoms. The number of imidazole rings is 1. The first kappa shape index (κ1) is 18.7. The third-order valence-electron chi connectivity index (χ3n) is 4.26. The number of carbonyl (C=O) groups is 1. The van der Waals surface area contributed by atoms with Crippen molar-refractivity contribution in [2.45, 2.75) is 18.6 Å². The highest BCUT2D eigenvalue weighted by atomic mass is 35.5. The highest BCUT2D eigenvalue weighted by molar-refractivity contribution is 7.99. The molecule has 1 aromatic heterocycles. The van der Waals surface area contributed by atoms with Crippen molar-refractivity contribution >= 4 is 35.0 Å². The molecule has 0 saturated carbocycles. The van der Waals surface area contributed by atoms with E-state index in [-0.39, 0.29) is 18.5 Å². The number of amides is 1. The number of aromatic nitrogens is 2. The fourth-order valence-electron chi connectivity index (χ4n) is 2.79. The number of nitrogens with one attached hydrogen (secondary N) is 1. The number of anilines is 1. The molecule has 6 nitrogen and oxygen atoms in total. The van der Waals surface area contributed by atoms with Gasteiger partial charge < -0.3 is 19.4 Å². The quantitative estimate of drug-likeness (QED) is 0.606. The Labute approximate surface area is 171 Å². The maximum atomic E-state index is 12.3. The van der Waals surface area contributed by atoms with Crippen LogP contribution in [0.2, 0.25) is 5.02 Å². The van der Waals surface area contributed by atoms with E-state index in [0.717, 1.165) is 27.8 Å². The Bertz CT molecular complexity index is 1020. The Morgan fingerprint density at radius 1 is 1.25 bits per heavy atom. The number of fused-ring (bicyclic) bond motifs is 1. The number of thioether (sulfide) groups is 1. The molecular weight excluding hydrogens is 398 g/mol. The molecule has 0 fully saturated rings. The summed E-state index contributed by atoms with van der Waals surface area (Å²) < 4.78 is 12.8. The predicted molar refractivity (Wildman–Crippen MR) is 109 cm³/mol. The van der Waals surface area contributed by atoms with Gasteiger partial charge in [0.1, 0.15) is 0 Å². The van der Waals surface area contributed by atoms with Gasteiger partial charge in [-0.15, -0.1) is 0 Å². The van der Waals surface area contributed by atoms with Crippen LogP contribution < -0.4 is 14.8 Å². The van der Waals surface area contributed by atoms with E-state index in [0.29, 0.717) is 17.3 Å². The second-order valence-electron chi connectivity index (χ2n) is 6.33. The van der Waals surface area contributed by atoms with Gasteiger partial charge in [-0.25, -0.2) is 4.98 Å². The van der Waals surface area contributed by atoms with E-state index in [4.69, 9.17) is 21.1 Å². The lowest BCUT2D eigenvalue weighted by molar-refractivity contribution is -0.113. The number of ether oxygens (including phenoxy) is 2. The Morgan fingerprint density at radius 2 is 2.11 bits per heavy atom. The summed E-state index contributed by atoms with van der Waals surface area (Å²) in [6.45, 7) is 2.81. The van der Waals surface area contributed by atoms with E-state index in [1.807, 2.05) is 48.0 Å². The van der Waals surface area contributed by atoms with Gasteiger partial charge in [0.2, 0.25) is 12.7 Å². The average Bonchev–Trinajstić information content (AvgIpc) is 3.32. The monoisotopic (exact) mass is 415 g/mol. The largest absolute Gasteiger partial charge is 0.454 e. The highest BCUT2D eigenvalue weighted by Crippen LogP contribution is 2.33. The van der Waals surface area contributed by atoms with Gasteiger partial charge in [-0.3, -0.25) is 4.79 Å². The molecule has 1 aliphatic heterocycles. The van der Waals surface area contributed by atoms with Crippen LogP contribution in [0.3, 0.4) is 0 Å². The molecule has 0 bridgehead atoms. The normalized spacial score (nSPS) is 12.2. The summed E-state index contributed by atoms with van der Waals surface area (Å²) in [5.41, 5.74) is 2.73. The summed E-state index contributed by atoms with van der Waals surface area (Å²) in [5, 5.41) is 4.26. The summed E-state index contributed by atoms with van der Waals surface area (Å²) in [4.78, 5) is 16.6. The van der Waals surface area contributed by atoms with Gasteiger partial charge in [-0.1, -0.05) is 35.5 Å². The van der Waals surface area contributed by atoms with Gasteiger partial charge in [0.25, 0.3) is 0 Å². The van der Waals surface area contributed by atoms with Crippen molar-refractivity contribution in [2.24, 2.45) is 0 Å². The highest BCUT2D eigenvalue weighted by Gasteiger charge is 2.14. The summed E-state index contributed by atoms with van der Waals surface area (Å²) >= 11 is 7.49. The Balaban J connectivity index is 1.36. The molecule has 0 radical (unpaired) electrons. The molecule has 2 heterocycles. The van der Waals surface area contributed by atoms with E-state index in [1.54, 1.807) is 12.3 Å². The predicted octanol–water partition coefficient (Wildman–Crippen LogP) is 4.35. The van der Waals surface area contributed by atoms with Crippen LogP contribution in [0.1, 0.15) is 11.1 Å². The van der Waals surface area contributed by atoms with E-state index in [2.05, 4.69) is 10.3 Å². The average molecular weight is 416 g/mol. The molecule has 0 aliphatic carbocycles. The van der Waals surface area contributed by atoms with E-state index >= 15 is 0 Å². The standard InChI is InChI=1S/C20H18ClN3O3S/c1-13-2-4-15(9-16(13)21)23-19(25)11-28-20-22-6-7-24(20)10-14-3-5-17-18(8-14)27-12-26-17/h2-9H,10-12H2,1H3,(H,23,25). The lowest BCUT2D eigenvalue weighted by Gasteiger charge is -2.09. The summed E-state index contributed by atoms with van der Waals surface area (Å²) in [5.74, 6) is 1.66. The molecule has 3 aromatic rings. The van der Waals surface area contributed by atoms with Crippen LogP contribution >= 0.6 is 23.4 Å². The van der Waals surface area contributed by atoms with Crippen LogP contribution in [0, 0.1) is 6.92 Å². The number of hydrogen-bond donors (Lipinski definition) is 1. The molecule has 1 aliphatic rings. The Kier molecular flexibility index (Phi) is 5.45. The minimum Gasteiger partial charge on any atom is -0.454 e. The number of benzene rings is 2. The van der Waals surface area contributed by atoms with Crippen molar-refractivity contribution in [3.05, 3.63) is 64.9 Å². The molecule has 0 saturated heterocycles. The molecule has 0 atom stereocenters. The van der Waals surface area contributed by atoms with Crippen molar-refractivity contribution in [1.29, 1.82) is 0 Å². The minimum absolute atomic E-state index is 0.109. The van der Waals surface area contributed by atoms with Crippen molar-refractivity contribution in [1.82, 2.24) is 9.55 Å². The van der Waals surface area contributed by atoms with Crippen LogP contribution in [0.4, 0.5) is 5.69 Å². The Morgan fingerprint density at radius 3 is 2.96 bits per heavy atom. The number of carbonyl (C=O) groups excluding carboxylic acids is 1. The fraction of sp³-hybridized carbons (Fsp3) is 0.200. The lowest BCUT2D eigenvalue weighted by Crippen LogP contribution is -2.14. The zero-order valence-corrected chi connectivity index (χ0v) is 16.7. The van der Waals surface area contributed by atoms with Gasteiger partial charge in [0, 0.05) is 29.6 Å². The first-order chi connectivity index (χ1) is 13.6. The number of aryl methyl sites for hydroxylation is 1. The topological polar surface area (TPSA) is 65.4 Å². The zero-order valence-electron chi connectivity index (χ0n) is 15.1. The first-order valence-electron chi connectivity index (χ1n) is 8.67. The molecule has 1 N–H and O–H groups in total. The first-order valence-corrected chi connectivity index (χ1v) is 10.0. The third kappa shape index (κ3) is 4.26. The van der Waals surface area contributed by atoms with E-state index in [9.17, 15) is 4.79 Å². The molecule has 28 heavy (non-hydrogen) atoms. The summed E-state index contributed by atoms with van der Waals surface area (Å²) in [6.07, 6.45) is 3.62. The van der Waals surface area contributed by atoms with Crippen LogP contribution in [-0.2, 0) is 11.3 Å². The van der Waals surface area contributed by atoms with E-state index in [1.165, 1.54) is 11.8 Å². The van der Waals surface area contributed by atoms with Crippen LogP contribution in [0.25, 0.3) is 0 Å². The Hall–Kier alpha value is -2.64. The summed E-state index contributed by atoms with van der Waals surface area (Å²) in [7, 11) is 0.